The Morgan fingerprint density at radius 2 is 2.00 bits per heavy atom. The van der Waals surface area contributed by atoms with E-state index in [1.54, 1.807) is 0 Å². The molecule has 2 amide bonds. The Morgan fingerprint density at radius 3 is 2.79 bits per heavy atom. The number of carbonyl (C=O) groups excluding carboxylic acids is 2. The van der Waals surface area contributed by atoms with Crippen LogP contribution in [-0.2, 0) is 16.1 Å². The first-order chi connectivity index (χ1) is 14.2. The highest BCUT2D eigenvalue weighted by Gasteiger charge is 2.49. The smallest absolute Gasteiger partial charge is 0.223 e. The Balaban J connectivity index is 1.31. The van der Waals surface area contributed by atoms with Gasteiger partial charge in [0.25, 0.3) is 0 Å². The topological polar surface area (TPSA) is 81.3 Å². The molecule has 1 aliphatic carbocycles. The molecule has 3 saturated heterocycles. The Kier molecular flexibility index (Phi) is 5.33. The van der Waals surface area contributed by atoms with Crippen LogP contribution in [-0.4, -0.2) is 63.5 Å². The number of hydrogen-bond donors (Lipinski definition) is 2. The van der Waals surface area contributed by atoms with Crippen molar-refractivity contribution in [2.24, 2.45) is 17.8 Å². The van der Waals surface area contributed by atoms with Gasteiger partial charge in [-0.2, -0.15) is 5.10 Å². The number of aromatic amines is 1. The number of fused-ring (bicyclic) bond motifs is 4. The summed E-state index contributed by atoms with van der Waals surface area (Å²) in [5.74, 6) is 1.67. The molecule has 0 spiro atoms. The number of likely N-dealkylation sites (tertiary alicyclic amines) is 1. The average molecular weight is 400 g/mol. The first-order valence-electron chi connectivity index (χ1n) is 11.5. The summed E-state index contributed by atoms with van der Waals surface area (Å²) in [7, 11) is 0. The van der Waals surface area contributed by atoms with Gasteiger partial charge in [0.2, 0.25) is 11.8 Å². The molecule has 4 aliphatic rings. The molecule has 0 unspecified atom stereocenters. The van der Waals surface area contributed by atoms with E-state index in [1.807, 2.05) is 12.4 Å². The van der Waals surface area contributed by atoms with Crippen molar-refractivity contribution in [1.82, 2.24) is 25.3 Å². The van der Waals surface area contributed by atoms with Gasteiger partial charge in [0.05, 0.1) is 12.2 Å². The maximum atomic E-state index is 12.9. The molecule has 3 aliphatic heterocycles. The molecule has 29 heavy (non-hydrogen) atoms. The molecule has 0 radical (unpaired) electrons. The van der Waals surface area contributed by atoms with Crippen molar-refractivity contribution in [3.8, 4) is 0 Å². The largest absolute Gasteiger partial charge is 0.354 e. The van der Waals surface area contributed by atoms with Crippen molar-refractivity contribution in [3.05, 3.63) is 18.0 Å². The van der Waals surface area contributed by atoms with E-state index in [4.69, 9.17) is 0 Å². The predicted octanol–water partition coefficient (Wildman–Crippen LogP) is 1.92. The number of rotatable bonds is 5. The van der Waals surface area contributed by atoms with Crippen LogP contribution in [0.15, 0.2) is 12.4 Å². The molecule has 4 atom stereocenters. The van der Waals surface area contributed by atoms with Crippen LogP contribution >= 0.6 is 0 Å². The third-order valence-corrected chi connectivity index (χ3v) is 7.74. The second kappa shape index (κ2) is 8.09. The van der Waals surface area contributed by atoms with E-state index in [0.29, 0.717) is 36.8 Å². The maximum Gasteiger partial charge on any atom is 0.223 e. The zero-order valence-corrected chi connectivity index (χ0v) is 17.2. The summed E-state index contributed by atoms with van der Waals surface area (Å²) in [6.45, 7) is 3.57. The number of aromatic nitrogens is 2. The first kappa shape index (κ1) is 19.1. The SMILES string of the molecule is O=C(NC[C@H]1[C@H]2C[C@@H](CN(Cc3cn[nH]c3)C2)[C@@H]2CCCC(=O)N21)C1CCCC1. The molecule has 1 aromatic heterocycles. The van der Waals surface area contributed by atoms with Crippen LogP contribution in [0.4, 0.5) is 0 Å². The quantitative estimate of drug-likeness (QED) is 0.793. The number of H-pyrrole nitrogens is 1. The summed E-state index contributed by atoms with van der Waals surface area (Å²) in [5.41, 5.74) is 1.22. The molecule has 7 nitrogen and oxygen atoms in total. The minimum Gasteiger partial charge on any atom is -0.354 e. The lowest BCUT2D eigenvalue weighted by molar-refractivity contribution is -0.153. The van der Waals surface area contributed by atoms with E-state index in [1.165, 1.54) is 24.8 Å². The van der Waals surface area contributed by atoms with E-state index in [0.717, 1.165) is 45.3 Å². The number of hydrogen-bond acceptors (Lipinski definition) is 4. The van der Waals surface area contributed by atoms with Gasteiger partial charge < -0.3 is 10.2 Å². The molecular weight excluding hydrogens is 366 g/mol. The van der Waals surface area contributed by atoms with Crippen LogP contribution in [0, 0.1) is 17.8 Å². The number of carbonyl (C=O) groups is 2. The van der Waals surface area contributed by atoms with Crippen molar-refractivity contribution in [2.75, 3.05) is 19.6 Å². The zero-order chi connectivity index (χ0) is 19.8. The maximum absolute atomic E-state index is 12.9. The molecule has 4 heterocycles. The van der Waals surface area contributed by atoms with Crippen LogP contribution in [0.1, 0.15) is 56.9 Å². The van der Waals surface area contributed by atoms with E-state index >= 15 is 0 Å². The van der Waals surface area contributed by atoms with Crippen molar-refractivity contribution in [2.45, 2.75) is 70.0 Å². The standard InChI is InChI=1S/C22H33N5O2/c28-21-7-3-6-19-17-8-18(14-26(13-17)12-15-9-24-25-10-15)20(27(19)21)11-23-22(29)16-4-1-2-5-16/h9-10,16-20H,1-8,11-14H2,(H,23,29)(H,24,25)/t17-,18-,19-,20-/m0/s1. The van der Waals surface area contributed by atoms with Gasteiger partial charge in [-0.25, -0.2) is 0 Å². The van der Waals surface area contributed by atoms with Crippen molar-refractivity contribution in [3.63, 3.8) is 0 Å². The van der Waals surface area contributed by atoms with Crippen molar-refractivity contribution < 1.29 is 9.59 Å². The fraction of sp³-hybridized carbons (Fsp3) is 0.773. The second-order valence-electron chi connectivity index (χ2n) is 9.61. The van der Waals surface area contributed by atoms with Gasteiger partial charge in [-0.15, -0.1) is 0 Å². The summed E-state index contributed by atoms with van der Waals surface area (Å²) in [6, 6.07) is 0.481. The Morgan fingerprint density at radius 1 is 1.17 bits per heavy atom. The molecule has 158 valence electrons. The zero-order valence-electron chi connectivity index (χ0n) is 17.2. The van der Waals surface area contributed by atoms with Gasteiger partial charge in [0, 0.05) is 56.3 Å². The number of piperidine rings is 3. The average Bonchev–Trinajstić information content (AvgIpc) is 3.42. The lowest BCUT2D eigenvalue weighted by Crippen LogP contribution is -2.67. The van der Waals surface area contributed by atoms with Gasteiger partial charge in [-0.3, -0.25) is 19.6 Å². The van der Waals surface area contributed by atoms with Crippen LogP contribution in [0.5, 0.6) is 0 Å². The van der Waals surface area contributed by atoms with E-state index in [2.05, 4.69) is 25.3 Å². The molecule has 2 N–H and O–H groups in total. The van der Waals surface area contributed by atoms with Gasteiger partial charge in [0.15, 0.2) is 0 Å². The molecule has 4 fully saturated rings. The molecule has 0 aromatic carbocycles. The highest BCUT2D eigenvalue weighted by atomic mass is 16.2. The third-order valence-electron chi connectivity index (χ3n) is 7.74. The van der Waals surface area contributed by atoms with Crippen LogP contribution in [0.3, 0.4) is 0 Å². The van der Waals surface area contributed by atoms with Crippen LogP contribution in [0.2, 0.25) is 0 Å². The van der Waals surface area contributed by atoms with Crippen molar-refractivity contribution in [1.29, 1.82) is 0 Å². The molecular formula is C22H33N5O2. The lowest BCUT2D eigenvalue weighted by atomic mass is 9.72. The molecule has 1 aromatic rings. The van der Waals surface area contributed by atoms with Crippen LogP contribution in [0.25, 0.3) is 0 Å². The molecule has 2 bridgehead atoms. The number of nitrogens with one attached hydrogen (secondary N) is 2. The summed E-state index contributed by atoms with van der Waals surface area (Å²) >= 11 is 0. The summed E-state index contributed by atoms with van der Waals surface area (Å²) in [4.78, 5) is 30.3. The normalized spacial score (nSPS) is 33.0. The first-order valence-corrected chi connectivity index (χ1v) is 11.5. The fourth-order valence-electron chi connectivity index (χ4n) is 6.42. The Labute approximate surface area is 172 Å². The molecule has 7 heteroatoms. The molecule has 5 rings (SSSR count). The minimum absolute atomic E-state index is 0.140. The monoisotopic (exact) mass is 399 g/mol. The lowest BCUT2D eigenvalue weighted by Gasteiger charge is -2.56. The highest BCUT2D eigenvalue weighted by molar-refractivity contribution is 5.80. The van der Waals surface area contributed by atoms with Gasteiger partial charge >= 0.3 is 0 Å². The minimum atomic E-state index is 0.140. The summed E-state index contributed by atoms with van der Waals surface area (Å²) < 4.78 is 0. The van der Waals surface area contributed by atoms with E-state index < -0.39 is 0 Å². The van der Waals surface area contributed by atoms with Gasteiger partial charge in [-0.1, -0.05) is 12.8 Å². The van der Waals surface area contributed by atoms with E-state index in [9.17, 15) is 9.59 Å². The van der Waals surface area contributed by atoms with Gasteiger partial charge in [-0.05, 0) is 43.9 Å². The van der Waals surface area contributed by atoms with Crippen LogP contribution < -0.4 is 5.32 Å². The number of nitrogens with zero attached hydrogens (tertiary/aromatic N) is 3. The van der Waals surface area contributed by atoms with Crippen molar-refractivity contribution >= 4 is 11.8 Å². The van der Waals surface area contributed by atoms with Gasteiger partial charge in [0.1, 0.15) is 0 Å². The third kappa shape index (κ3) is 3.81. The second-order valence-corrected chi connectivity index (χ2v) is 9.61. The predicted molar refractivity (Wildman–Crippen MR) is 109 cm³/mol. The molecule has 1 saturated carbocycles. The fourth-order valence-corrected chi connectivity index (χ4v) is 6.42. The Hall–Kier alpha value is -1.89. The summed E-state index contributed by atoms with van der Waals surface area (Å²) in [5, 5.41) is 10.2. The number of amides is 2. The van der Waals surface area contributed by atoms with E-state index in [-0.39, 0.29) is 17.9 Å². The Bertz CT molecular complexity index is 730. The highest BCUT2D eigenvalue weighted by Crippen LogP contribution is 2.41. The summed E-state index contributed by atoms with van der Waals surface area (Å²) in [6.07, 6.45) is 12.2.